The standard InChI is InChI=1S/C20H20ClNO6S/c1-27-19(23)10-13(12-29(21,25)26)22-20(24)28-11-18-16-8-4-2-6-14(16)15-7-3-5-9-17(15)18/h2-9,13,18H,10-12H2,1H3,(H,22,24). The van der Waals surface area contributed by atoms with Crippen LogP contribution in [0.3, 0.4) is 0 Å². The van der Waals surface area contributed by atoms with Gasteiger partial charge in [-0.25, -0.2) is 13.2 Å². The van der Waals surface area contributed by atoms with Crippen LogP contribution in [0.2, 0.25) is 0 Å². The second-order valence-corrected chi connectivity index (χ2v) is 9.47. The second-order valence-electron chi connectivity index (χ2n) is 6.65. The zero-order chi connectivity index (χ0) is 21.0. The van der Waals surface area contributed by atoms with Crippen molar-refractivity contribution in [1.29, 1.82) is 0 Å². The van der Waals surface area contributed by atoms with E-state index >= 15 is 0 Å². The van der Waals surface area contributed by atoms with E-state index in [1.54, 1.807) is 0 Å². The molecule has 0 fully saturated rings. The summed E-state index contributed by atoms with van der Waals surface area (Å²) in [6.45, 7) is 0.0679. The highest BCUT2D eigenvalue weighted by Gasteiger charge is 2.30. The third-order valence-electron chi connectivity index (χ3n) is 4.71. The number of methoxy groups -OCH3 is 1. The van der Waals surface area contributed by atoms with E-state index in [1.165, 1.54) is 7.11 Å². The molecule has 0 aromatic heterocycles. The highest BCUT2D eigenvalue weighted by molar-refractivity contribution is 8.13. The average molecular weight is 438 g/mol. The number of alkyl carbamates (subject to hydrolysis) is 1. The maximum Gasteiger partial charge on any atom is 0.407 e. The van der Waals surface area contributed by atoms with Crippen LogP contribution in [0, 0.1) is 0 Å². The van der Waals surface area contributed by atoms with Crippen molar-refractivity contribution in [1.82, 2.24) is 5.32 Å². The number of nitrogens with one attached hydrogen (secondary N) is 1. The van der Waals surface area contributed by atoms with Crippen molar-refractivity contribution in [2.45, 2.75) is 18.4 Å². The van der Waals surface area contributed by atoms with E-state index in [0.717, 1.165) is 22.3 Å². The van der Waals surface area contributed by atoms with Gasteiger partial charge in [-0.2, -0.15) is 0 Å². The van der Waals surface area contributed by atoms with Crippen molar-refractivity contribution in [2.24, 2.45) is 0 Å². The average Bonchev–Trinajstić information content (AvgIpc) is 2.99. The van der Waals surface area contributed by atoms with Crippen molar-refractivity contribution in [3.05, 3.63) is 59.7 Å². The molecule has 154 valence electrons. The number of fused-ring (bicyclic) bond motifs is 3. The minimum Gasteiger partial charge on any atom is -0.469 e. The Bertz CT molecular complexity index is 978. The number of rotatable bonds is 7. The molecule has 9 heteroatoms. The topological polar surface area (TPSA) is 98.8 Å². The number of hydrogen-bond donors (Lipinski definition) is 1. The van der Waals surface area contributed by atoms with Gasteiger partial charge in [0.1, 0.15) is 6.61 Å². The van der Waals surface area contributed by atoms with Gasteiger partial charge in [0, 0.05) is 16.6 Å². The minimum absolute atomic E-state index is 0.0679. The van der Waals surface area contributed by atoms with Gasteiger partial charge in [-0.1, -0.05) is 48.5 Å². The summed E-state index contributed by atoms with van der Waals surface area (Å²) in [6.07, 6.45) is -1.17. The number of benzene rings is 2. The van der Waals surface area contributed by atoms with E-state index < -0.39 is 32.9 Å². The SMILES string of the molecule is COC(=O)CC(CS(=O)(=O)Cl)NC(=O)OCC1c2ccccc2-c2ccccc21. The first-order valence-corrected chi connectivity index (χ1v) is 11.4. The first-order valence-electron chi connectivity index (χ1n) is 8.89. The molecule has 1 aliphatic rings. The Morgan fingerprint density at radius 3 is 2.14 bits per heavy atom. The molecule has 1 amide bonds. The lowest BCUT2D eigenvalue weighted by atomic mass is 9.98. The Labute approximate surface area is 173 Å². The molecule has 1 unspecified atom stereocenters. The summed E-state index contributed by atoms with van der Waals surface area (Å²) in [5, 5.41) is 2.39. The molecule has 29 heavy (non-hydrogen) atoms. The highest BCUT2D eigenvalue weighted by Crippen LogP contribution is 2.44. The molecule has 7 nitrogen and oxygen atoms in total. The number of amides is 1. The summed E-state index contributed by atoms with van der Waals surface area (Å²) >= 11 is 0. The van der Waals surface area contributed by atoms with Crippen LogP contribution in [0.1, 0.15) is 23.5 Å². The fraction of sp³-hybridized carbons (Fsp3) is 0.300. The van der Waals surface area contributed by atoms with Gasteiger partial charge in [0.05, 0.1) is 25.3 Å². The molecular formula is C20H20ClNO6S. The van der Waals surface area contributed by atoms with Crippen LogP contribution in [0.25, 0.3) is 11.1 Å². The fourth-order valence-corrected chi connectivity index (χ4v) is 4.62. The van der Waals surface area contributed by atoms with Gasteiger partial charge in [-0.3, -0.25) is 4.79 Å². The van der Waals surface area contributed by atoms with E-state index in [0.29, 0.717) is 0 Å². The van der Waals surface area contributed by atoms with Gasteiger partial charge < -0.3 is 14.8 Å². The number of carbonyl (C=O) groups is 2. The van der Waals surface area contributed by atoms with Crippen LogP contribution >= 0.6 is 10.7 Å². The Morgan fingerprint density at radius 1 is 1.07 bits per heavy atom. The highest BCUT2D eigenvalue weighted by atomic mass is 35.7. The lowest BCUT2D eigenvalue weighted by Gasteiger charge is -2.18. The summed E-state index contributed by atoms with van der Waals surface area (Å²) in [4.78, 5) is 23.7. The van der Waals surface area contributed by atoms with Crippen LogP contribution < -0.4 is 5.32 Å². The number of esters is 1. The predicted molar refractivity (Wildman–Crippen MR) is 108 cm³/mol. The van der Waals surface area contributed by atoms with Crippen LogP contribution in [0.5, 0.6) is 0 Å². The van der Waals surface area contributed by atoms with Gasteiger partial charge >= 0.3 is 12.1 Å². The molecule has 0 bridgehead atoms. The summed E-state index contributed by atoms with van der Waals surface area (Å²) < 4.78 is 32.6. The minimum atomic E-state index is -3.94. The van der Waals surface area contributed by atoms with E-state index in [1.807, 2.05) is 48.5 Å². The van der Waals surface area contributed by atoms with Crippen LogP contribution in [0.4, 0.5) is 4.79 Å². The summed E-state index contributed by atoms with van der Waals surface area (Å²) in [5.41, 5.74) is 4.29. The lowest BCUT2D eigenvalue weighted by Crippen LogP contribution is -2.41. The molecule has 1 atom stereocenters. The van der Waals surface area contributed by atoms with E-state index in [4.69, 9.17) is 15.4 Å². The van der Waals surface area contributed by atoms with Gasteiger partial charge in [0.15, 0.2) is 0 Å². The molecule has 0 aliphatic heterocycles. The Hall–Kier alpha value is -2.58. The molecule has 2 aromatic rings. The molecule has 1 N–H and O–H groups in total. The third kappa shape index (κ3) is 5.27. The molecule has 0 radical (unpaired) electrons. The summed E-state index contributed by atoms with van der Waals surface area (Å²) in [5.74, 6) is -1.42. The fourth-order valence-electron chi connectivity index (χ4n) is 3.48. The third-order valence-corrected chi connectivity index (χ3v) is 5.89. The smallest absolute Gasteiger partial charge is 0.407 e. The van der Waals surface area contributed by atoms with Crippen molar-refractivity contribution in [3.63, 3.8) is 0 Å². The van der Waals surface area contributed by atoms with Gasteiger partial charge in [-0.15, -0.1) is 0 Å². The van der Waals surface area contributed by atoms with Crippen molar-refractivity contribution < 1.29 is 27.5 Å². The van der Waals surface area contributed by atoms with Crippen LogP contribution in [0.15, 0.2) is 48.5 Å². The molecule has 1 aliphatic carbocycles. The monoisotopic (exact) mass is 437 g/mol. The maximum absolute atomic E-state index is 12.3. The summed E-state index contributed by atoms with van der Waals surface area (Å²) in [7, 11) is 2.49. The van der Waals surface area contributed by atoms with E-state index in [2.05, 4.69) is 10.1 Å². The quantitative estimate of drug-likeness (QED) is 0.528. The number of carbonyl (C=O) groups excluding carboxylic acids is 2. The van der Waals surface area contributed by atoms with Gasteiger partial charge in [-0.05, 0) is 22.3 Å². The van der Waals surface area contributed by atoms with Gasteiger partial charge in [0.2, 0.25) is 9.05 Å². The first-order chi connectivity index (χ1) is 13.8. The van der Waals surface area contributed by atoms with Crippen molar-refractivity contribution >= 4 is 31.8 Å². The lowest BCUT2D eigenvalue weighted by molar-refractivity contribution is -0.141. The largest absolute Gasteiger partial charge is 0.469 e. The van der Waals surface area contributed by atoms with Crippen molar-refractivity contribution in [2.75, 3.05) is 19.5 Å². The Morgan fingerprint density at radius 2 is 1.62 bits per heavy atom. The zero-order valence-electron chi connectivity index (χ0n) is 15.6. The van der Waals surface area contributed by atoms with E-state index in [-0.39, 0.29) is 18.9 Å². The number of ether oxygens (including phenoxy) is 2. The van der Waals surface area contributed by atoms with E-state index in [9.17, 15) is 18.0 Å². The maximum atomic E-state index is 12.3. The normalized spacial score (nSPS) is 13.9. The van der Waals surface area contributed by atoms with Gasteiger partial charge in [0.25, 0.3) is 0 Å². The Kier molecular flexibility index (Phi) is 6.44. The molecule has 0 saturated carbocycles. The molecule has 3 rings (SSSR count). The van der Waals surface area contributed by atoms with Crippen LogP contribution in [-0.4, -0.2) is 46.0 Å². The second kappa shape index (κ2) is 8.84. The van der Waals surface area contributed by atoms with Crippen LogP contribution in [-0.2, 0) is 23.3 Å². The Balaban J connectivity index is 1.69. The molecule has 0 spiro atoms. The molecular weight excluding hydrogens is 418 g/mol. The number of hydrogen-bond acceptors (Lipinski definition) is 6. The molecule has 0 saturated heterocycles. The number of halogens is 1. The zero-order valence-corrected chi connectivity index (χ0v) is 17.2. The van der Waals surface area contributed by atoms with Crippen molar-refractivity contribution in [3.8, 4) is 11.1 Å². The molecule has 2 aromatic carbocycles. The predicted octanol–water partition coefficient (Wildman–Crippen LogP) is 3.03. The summed E-state index contributed by atoms with van der Waals surface area (Å²) in [6, 6.07) is 14.7. The first kappa shape index (κ1) is 21.1. The molecule has 0 heterocycles.